The van der Waals surface area contributed by atoms with Crippen LogP contribution in [0.1, 0.15) is 39.0 Å². The topological polar surface area (TPSA) is 70.6 Å². The second kappa shape index (κ2) is 5.20. The second-order valence-corrected chi connectivity index (χ2v) is 4.23. The van der Waals surface area contributed by atoms with Crippen LogP contribution < -0.4 is 11.1 Å². The van der Waals surface area contributed by atoms with Gasteiger partial charge in [0.15, 0.2) is 0 Å². The van der Waals surface area contributed by atoms with Gasteiger partial charge in [-0.3, -0.25) is 0 Å². The molecule has 0 radical (unpaired) electrons. The summed E-state index contributed by atoms with van der Waals surface area (Å²) in [5.74, 6) is 0.302. The van der Waals surface area contributed by atoms with Gasteiger partial charge in [-0.05, 0) is 24.7 Å². The van der Waals surface area contributed by atoms with E-state index in [0.717, 1.165) is 13.1 Å². The van der Waals surface area contributed by atoms with Crippen LogP contribution in [0, 0.1) is 5.41 Å². The van der Waals surface area contributed by atoms with Crippen molar-refractivity contribution < 1.29 is 5.21 Å². The summed E-state index contributed by atoms with van der Waals surface area (Å²) < 4.78 is 0. The fourth-order valence-corrected chi connectivity index (χ4v) is 1.95. The summed E-state index contributed by atoms with van der Waals surface area (Å²) in [5, 5.41) is 14.6. The van der Waals surface area contributed by atoms with Crippen LogP contribution >= 0.6 is 0 Å². The Morgan fingerprint density at radius 1 is 1.57 bits per heavy atom. The van der Waals surface area contributed by atoms with Crippen molar-refractivity contribution in [2.24, 2.45) is 16.3 Å². The van der Waals surface area contributed by atoms with Gasteiger partial charge >= 0.3 is 0 Å². The molecule has 1 fully saturated rings. The molecule has 1 aliphatic rings. The number of hydrogen-bond donors (Lipinski definition) is 3. The Balaban J connectivity index is 2.08. The van der Waals surface area contributed by atoms with E-state index in [9.17, 15) is 0 Å². The molecule has 0 unspecified atom stereocenters. The van der Waals surface area contributed by atoms with E-state index in [1.807, 2.05) is 0 Å². The molecule has 1 aliphatic carbocycles. The molecule has 82 valence electrons. The summed E-state index contributed by atoms with van der Waals surface area (Å²) in [6.45, 7) is 4.13. The number of oxime groups is 1. The molecule has 4 nitrogen and oxygen atoms in total. The SMILES string of the molecule is CCC1(CNCCC(N)=NO)CCC1. The summed E-state index contributed by atoms with van der Waals surface area (Å²) in [5.41, 5.74) is 5.91. The maximum atomic E-state index is 8.33. The van der Waals surface area contributed by atoms with Gasteiger partial charge in [0.1, 0.15) is 5.84 Å². The Labute approximate surface area is 85.6 Å². The summed E-state index contributed by atoms with van der Waals surface area (Å²) in [7, 11) is 0. The molecule has 0 aromatic rings. The Kier molecular flexibility index (Phi) is 4.20. The smallest absolute Gasteiger partial charge is 0.140 e. The van der Waals surface area contributed by atoms with E-state index in [4.69, 9.17) is 10.9 Å². The summed E-state index contributed by atoms with van der Waals surface area (Å²) in [6.07, 6.45) is 5.94. The Hall–Kier alpha value is -0.770. The molecule has 0 saturated heterocycles. The molecule has 4 heteroatoms. The normalized spacial score (nSPS) is 20.5. The maximum Gasteiger partial charge on any atom is 0.140 e. The van der Waals surface area contributed by atoms with E-state index < -0.39 is 0 Å². The lowest BCUT2D eigenvalue weighted by atomic mass is 9.67. The van der Waals surface area contributed by atoms with Crippen molar-refractivity contribution >= 4 is 5.84 Å². The number of amidine groups is 1. The van der Waals surface area contributed by atoms with Crippen molar-refractivity contribution in [2.45, 2.75) is 39.0 Å². The third-order valence-corrected chi connectivity index (χ3v) is 3.35. The number of nitrogens with one attached hydrogen (secondary N) is 1. The molecule has 0 heterocycles. The fraction of sp³-hybridized carbons (Fsp3) is 0.900. The van der Waals surface area contributed by atoms with Crippen LogP contribution in [0.3, 0.4) is 0 Å². The molecule has 1 rings (SSSR count). The van der Waals surface area contributed by atoms with Crippen molar-refractivity contribution in [2.75, 3.05) is 13.1 Å². The van der Waals surface area contributed by atoms with E-state index in [-0.39, 0.29) is 0 Å². The highest BCUT2D eigenvalue weighted by molar-refractivity contribution is 5.79. The number of rotatable bonds is 6. The van der Waals surface area contributed by atoms with Gasteiger partial charge in [-0.1, -0.05) is 18.5 Å². The van der Waals surface area contributed by atoms with Gasteiger partial charge in [0.05, 0.1) is 0 Å². The molecule has 0 spiro atoms. The minimum absolute atomic E-state index is 0.302. The van der Waals surface area contributed by atoms with Crippen LogP contribution in [0.4, 0.5) is 0 Å². The molecule has 0 aliphatic heterocycles. The van der Waals surface area contributed by atoms with Crippen LogP contribution in [-0.2, 0) is 0 Å². The van der Waals surface area contributed by atoms with Crippen LogP contribution in [0.2, 0.25) is 0 Å². The first-order chi connectivity index (χ1) is 6.72. The van der Waals surface area contributed by atoms with Crippen LogP contribution in [0.5, 0.6) is 0 Å². The highest BCUT2D eigenvalue weighted by atomic mass is 16.4. The third kappa shape index (κ3) is 2.87. The van der Waals surface area contributed by atoms with E-state index in [1.54, 1.807) is 0 Å². The zero-order valence-electron chi connectivity index (χ0n) is 8.92. The van der Waals surface area contributed by atoms with Crippen LogP contribution in [0.25, 0.3) is 0 Å². The zero-order valence-corrected chi connectivity index (χ0v) is 8.92. The molecule has 0 bridgehead atoms. The number of nitrogens with two attached hydrogens (primary N) is 1. The third-order valence-electron chi connectivity index (χ3n) is 3.35. The molecular weight excluding hydrogens is 178 g/mol. The minimum atomic E-state index is 0.302. The standard InChI is InChI=1S/C10H21N3O/c1-2-10(5-3-6-10)8-12-7-4-9(11)13-14/h12,14H,2-8H2,1H3,(H2,11,13). The Morgan fingerprint density at radius 3 is 2.71 bits per heavy atom. The van der Waals surface area contributed by atoms with Crippen molar-refractivity contribution in [1.82, 2.24) is 5.32 Å². The quantitative estimate of drug-likeness (QED) is 0.198. The molecule has 4 N–H and O–H groups in total. The largest absolute Gasteiger partial charge is 0.409 e. The van der Waals surface area contributed by atoms with Gasteiger partial charge in [-0.15, -0.1) is 0 Å². The lowest BCUT2D eigenvalue weighted by Crippen LogP contribution is -2.40. The molecule has 14 heavy (non-hydrogen) atoms. The van der Waals surface area contributed by atoms with Gasteiger partial charge in [0.25, 0.3) is 0 Å². The van der Waals surface area contributed by atoms with E-state index >= 15 is 0 Å². The van der Waals surface area contributed by atoms with E-state index in [2.05, 4.69) is 17.4 Å². The predicted molar refractivity (Wildman–Crippen MR) is 57.5 cm³/mol. The van der Waals surface area contributed by atoms with Gasteiger partial charge in [0, 0.05) is 19.5 Å². The van der Waals surface area contributed by atoms with Gasteiger partial charge < -0.3 is 16.3 Å². The maximum absolute atomic E-state index is 8.33. The van der Waals surface area contributed by atoms with E-state index in [0.29, 0.717) is 17.7 Å². The lowest BCUT2D eigenvalue weighted by Gasteiger charge is -2.41. The zero-order chi connectivity index (χ0) is 10.4. The molecular formula is C10H21N3O. The fourth-order valence-electron chi connectivity index (χ4n) is 1.95. The minimum Gasteiger partial charge on any atom is -0.409 e. The highest BCUT2D eigenvalue weighted by Gasteiger charge is 2.34. The Bertz CT molecular complexity index is 194. The highest BCUT2D eigenvalue weighted by Crippen LogP contribution is 2.42. The summed E-state index contributed by atoms with van der Waals surface area (Å²) in [6, 6.07) is 0. The average molecular weight is 199 g/mol. The van der Waals surface area contributed by atoms with Crippen molar-refractivity contribution in [3.63, 3.8) is 0 Å². The number of nitrogens with zero attached hydrogens (tertiary/aromatic N) is 1. The van der Waals surface area contributed by atoms with E-state index in [1.165, 1.54) is 25.7 Å². The lowest BCUT2D eigenvalue weighted by molar-refractivity contribution is 0.125. The first-order valence-electron chi connectivity index (χ1n) is 5.39. The molecule has 0 amide bonds. The molecule has 0 aromatic heterocycles. The molecule has 0 atom stereocenters. The van der Waals surface area contributed by atoms with Gasteiger partial charge in [-0.2, -0.15) is 0 Å². The summed E-state index contributed by atoms with van der Waals surface area (Å²) >= 11 is 0. The second-order valence-electron chi connectivity index (χ2n) is 4.23. The Morgan fingerprint density at radius 2 is 2.29 bits per heavy atom. The van der Waals surface area contributed by atoms with Crippen molar-refractivity contribution in [3.05, 3.63) is 0 Å². The molecule has 0 aromatic carbocycles. The first-order valence-corrected chi connectivity index (χ1v) is 5.39. The first kappa shape index (κ1) is 11.3. The summed E-state index contributed by atoms with van der Waals surface area (Å²) in [4.78, 5) is 0. The molecule has 1 saturated carbocycles. The van der Waals surface area contributed by atoms with Crippen LogP contribution in [-0.4, -0.2) is 24.1 Å². The van der Waals surface area contributed by atoms with Gasteiger partial charge in [-0.25, -0.2) is 0 Å². The average Bonchev–Trinajstić information content (AvgIpc) is 2.15. The van der Waals surface area contributed by atoms with Gasteiger partial charge in [0.2, 0.25) is 0 Å². The van der Waals surface area contributed by atoms with Crippen LogP contribution in [0.15, 0.2) is 5.16 Å². The van der Waals surface area contributed by atoms with Crippen molar-refractivity contribution in [1.29, 1.82) is 0 Å². The predicted octanol–water partition coefficient (Wildman–Crippen LogP) is 1.29. The number of hydrogen-bond acceptors (Lipinski definition) is 3. The monoisotopic (exact) mass is 199 g/mol. The van der Waals surface area contributed by atoms with Crippen molar-refractivity contribution in [3.8, 4) is 0 Å².